The van der Waals surface area contributed by atoms with Crippen LogP contribution in [-0.2, 0) is 12.7 Å². The molecule has 0 radical (unpaired) electrons. The molecule has 3 rings (SSSR count). The van der Waals surface area contributed by atoms with Crippen LogP contribution in [0.25, 0.3) is 0 Å². The SMILES string of the molecule is Cl.Fc1ccc(C(F)(F)F)c(Cn2cc(C3CNC3)nn2)c1. The Morgan fingerprint density at radius 2 is 2.00 bits per heavy atom. The fourth-order valence-corrected chi connectivity index (χ4v) is 2.22. The molecule has 0 unspecified atom stereocenters. The van der Waals surface area contributed by atoms with Gasteiger partial charge < -0.3 is 5.32 Å². The van der Waals surface area contributed by atoms with Gasteiger partial charge in [0.05, 0.1) is 17.8 Å². The first kappa shape index (κ1) is 16.7. The summed E-state index contributed by atoms with van der Waals surface area (Å²) in [5.41, 5.74) is -0.282. The first-order valence-electron chi connectivity index (χ1n) is 6.40. The van der Waals surface area contributed by atoms with Crippen LogP contribution in [0.2, 0.25) is 0 Å². The third kappa shape index (κ3) is 3.38. The Kier molecular flexibility index (Phi) is 4.72. The highest BCUT2D eigenvalue weighted by molar-refractivity contribution is 5.85. The van der Waals surface area contributed by atoms with Crippen molar-refractivity contribution in [3.05, 3.63) is 47.0 Å². The summed E-state index contributed by atoms with van der Waals surface area (Å²) in [5, 5.41) is 10.8. The van der Waals surface area contributed by atoms with Gasteiger partial charge in [-0.15, -0.1) is 17.5 Å². The fraction of sp³-hybridized carbons (Fsp3) is 0.385. The van der Waals surface area contributed by atoms with Crippen LogP contribution in [0.3, 0.4) is 0 Å². The van der Waals surface area contributed by atoms with E-state index in [0.29, 0.717) is 0 Å². The highest BCUT2D eigenvalue weighted by atomic mass is 35.5. The third-order valence-electron chi connectivity index (χ3n) is 3.46. The quantitative estimate of drug-likeness (QED) is 0.876. The van der Waals surface area contributed by atoms with E-state index in [1.807, 2.05) is 0 Å². The lowest BCUT2D eigenvalue weighted by molar-refractivity contribution is -0.138. The average molecular weight is 337 g/mol. The van der Waals surface area contributed by atoms with Crippen molar-refractivity contribution in [3.63, 3.8) is 0 Å². The molecule has 0 saturated carbocycles. The van der Waals surface area contributed by atoms with Crippen LogP contribution in [0.5, 0.6) is 0 Å². The highest BCUT2D eigenvalue weighted by Crippen LogP contribution is 2.32. The number of nitrogens with zero attached hydrogens (tertiary/aromatic N) is 3. The van der Waals surface area contributed by atoms with Crippen molar-refractivity contribution >= 4 is 12.4 Å². The fourth-order valence-electron chi connectivity index (χ4n) is 2.22. The summed E-state index contributed by atoms with van der Waals surface area (Å²) >= 11 is 0. The van der Waals surface area contributed by atoms with Gasteiger partial charge in [-0.3, -0.25) is 0 Å². The van der Waals surface area contributed by atoms with Crippen molar-refractivity contribution in [2.24, 2.45) is 0 Å². The minimum atomic E-state index is -4.52. The second kappa shape index (κ2) is 6.21. The average Bonchev–Trinajstić information content (AvgIpc) is 2.73. The van der Waals surface area contributed by atoms with E-state index in [1.54, 1.807) is 6.20 Å². The second-order valence-electron chi connectivity index (χ2n) is 5.00. The van der Waals surface area contributed by atoms with E-state index in [9.17, 15) is 17.6 Å². The van der Waals surface area contributed by atoms with Gasteiger partial charge >= 0.3 is 6.18 Å². The number of hydrogen-bond donors (Lipinski definition) is 1. The molecule has 1 N–H and O–H groups in total. The van der Waals surface area contributed by atoms with Crippen LogP contribution in [-0.4, -0.2) is 28.1 Å². The highest BCUT2D eigenvalue weighted by Gasteiger charge is 2.33. The number of halogens is 5. The lowest BCUT2D eigenvalue weighted by Gasteiger charge is -2.24. The molecular weight excluding hydrogens is 324 g/mol. The molecule has 1 aromatic carbocycles. The Bertz CT molecular complexity index is 652. The molecule has 2 aromatic rings. The molecule has 0 atom stereocenters. The monoisotopic (exact) mass is 336 g/mol. The molecule has 2 heterocycles. The zero-order valence-electron chi connectivity index (χ0n) is 11.3. The van der Waals surface area contributed by atoms with Crippen molar-refractivity contribution in [3.8, 4) is 0 Å². The number of nitrogens with one attached hydrogen (secondary N) is 1. The van der Waals surface area contributed by atoms with Gasteiger partial charge in [-0.2, -0.15) is 13.2 Å². The Morgan fingerprint density at radius 3 is 2.59 bits per heavy atom. The number of alkyl halides is 3. The smallest absolute Gasteiger partial charge is 0.315 e. The van der Waals surface area contributed by atoms with Crippen molar-refractivity contribution in [1.82, 2.24) is 20.3 Å². The van der Waals surface area contributed by atoms with E-state index >= 15 is 0 Å². The summed E-state index contributed by atoms with van der Waals surface area (Å²) in [4.78, 5) is 0. The summed E-state index contributed by atoms with van der Waals surface area (Å²) in [5.74, 6) is -0.463. The Balaban J connectivity index is 0.00000176. The van der Waals surface area contributed by atoms with E-state index in [1.165, 1.54) is 4.68 Å². The van der Waals surface area contributed by atoms with Gasteiger partial charge in [-0.1, -0.05) is 5.21 Å². The van der Waals surface area contributed by atoms with E-state index in [-0.39, 0.29) is 30.4 Å². The maximum absolute atomic E-state index is 13.2. The first-order chi connectivity index (χ1) is 9.93. The normalized spacial score (nSPS) is 15.3. The van der Waals surface area contributed by atoms with Crippen LogP contribution in [0.1, 0.15) is 22.7 Å². The van der Waals surface area contributed by atoms with Crippen LogP contribution < -0.4 is 5.32 Å². The summed E-state index contributed by atoms with van der Waals surface area (Å²) in [6, 6.07) is 2.44. The molecule has 1 aliphatic rings. The topological polar surface area (TPSA) is 42.7 Å². The van der Waals surface area contributed by atoms with Crippen LogP contribution in [0.4, 0.5) is 17.6 Å². The Morgan fingerprint density at radius 1 is 1.27 bits per heavy atom. The standard InChI is InChI=1S/C13H12F4N4.ClH/c14-10-1-2-11(13(15,16)17)8(3-10)6-21-7-12(19-20-21)9-4-18-5-9;/h1-3,7,9,18H,4-6H2;1H. The summed E-state index contributed by atoms with van der Waals surface area (Å²) in [6.45, 7) is 1.40. The summed E-state index contributed by atoms with van der Waals surface area (Å²) < 4.78 is 53.2. The lowest BCUT2D eigenvalue weighted by atomic mass is 10.0. The molecular formula is C13H13ClF4N4. The number of rotatable bonds is 3. The molecule has 0 amide bonds. The maximum atomic E-state index is 13.2. The zero-order valence-corrected chi connectivity index (χ0v) is 12.1. The van der Waals surface area contributed by atoms with Crippen molar-refractivity contribution in [2.75, 3.05) is 13.1 Å². The number of hydrogen-bond acceptors (Lipinski definition) is 3. The van der Waals surface area contributed by atoms with Gasteiger partial charge in [-0.25, -0.2) is 9.07 Å². The van der Waals surface area contributed by atoms with Crippen molar-refractivity contribution in [2.45, 2.75) is 18.6 Å². The van der Waals surface area contributed by atoms with Gasteiger partial charge in [0.1, 0.15) is 5.82 Å². The molecule has 120 valence electrons. The Hall–Kier alpha value is -1.67. The minimum Gasteiger partial charge on any atom is -0.315 e. The van der Waals surface area contributed by atoms with E-state index in [4.69, 9.17) is 0 Å². The van der Waals surface area contributed by atoms with Gasteiger partial charge in [-0.05, 0) is 23.8 Å². The van der Waals surface area contributed by atoms with Gasteiger partial charge in [0.15, 0.2) is 0 Å². The van der Waals surface area contributed by atoms with Gasteiger partial charge in [0.25, 0.3) is 0 Å². The van der Waals surface area contributed by atoms with Crippen molar-refractivity contribution in [1.29, 1.82) is 0 Å². The molecule has 1 aromatic heterocycles. The molecule has 0 aliphatic carbocycles. The third-order valence-corrected chi connectivity index (χ3v) is 3.46. The van der Waals surface area contributed by atoms with Crippen LogP contribution >= 0.6 is 12.4 Å². The van der Waals surface area contributed by atoms with E-state index < -0.39 is 17.6 Å². The van der Waals surface area contributed by atoms with Crippen LogP contribution in [0, 0.1) is 5.82 Å². The molecule has 0 bridgehead atoms. The second-order valence-corrected chi connectivity index (χ2v) is 5.00. The predicted octanol–water partition coefficient (Wildman–Crippen LogP) is 2.59. The number of aromatic nitrogens is 3. The van der Waals surface area contributed by atoms with E-state index in [0.717, 1.165) is 37.0 Å². The molecule has 9 heteroatoms. The minimum absolute atomic E-state index is 0. The molecule has 0 spiro atoms. The van der Waals surface area contributed by atoms with E-state index in [2.05, 4.69) is 15.6 Å². The summed E-state index contributed by atoms with van der Waals surface area (Å²) in [6.07, 6.45) is -2.92. The first-order valence-corrected chi connectivity index (χ1v) is 6.40. The molecule has 22 heavy (non-hydrogen) atoms. The molecule has 1 saturated heterocycles. The molecule has 1 fully saturated rings. The van der Waals surface area contributed by atoms with Gasteiger partial charge in [0.2, 0.25) is 0 Å². The Labute approximate surface area is 129 Å². The molecule has 1 aliphatic heterocycles. The predicted molar refractivity (Wildman–Crippen MR) is 73.4 cm³/mol. The lowest BCUT2D eigenvalue weighted by Crippen LogP contribution is -2.40. The zero-order chi connectivity index (χ0) is 15.0. The largest absolute Gasteiger partial charge is 0.416 e. The number of benzene rings is 1. The van der Waals surface area contributed by atoms with Gasteiger partial charge in [0, 0.05) is 25.2 Å². The maximum Gasteiger partial charge on any atom is 0.416 e. The molecule has 4 nitrogen and oxygen atoms in total. The summed E-state index contributed by atoms with van der Waals surface area (Å²) in [7, 11) is 0. The van der Waals surface area contributed by atoms with Crippen molar-refractivity contribution < 1.29 is 17.6 Å². The van der Waals surface area contributed by atoms with Crippen LogP contribution in [0.15, 0.2) is 24.4 Å².